The summed E-state index contributed by atoms with van der Waals surface area (Å²) in [5, 5.41) is 9.76. The normalized spacial score (nSPS) is 22.7. The van der Waals surface area contributed by atoms with Crippen LogP contribution in [-0.4, -0.2) is 18.9 Å². The van der Waals surface area contributed by atoms with Crippen LogP contribution in [0.1, 0.15) is 51.0 Å². The summed E-state index contributed by atoms with van der Waals surface area (Å²) in [6.07, 6.45) is 2.53. The quantitative estimate of drug-likeness (QED) is 0.600. The molecule has 0 aromatic heterocycles. The highest BCUT2D eigenvalue weighted by Crippen LogP contribution is 2.48. The molecule has 7 nitrogen and oxygen atoms in total. The van der Waals surface area contributed by atoms with E-state index >= 15 is 0 Å². The predicted octanol–water partition coefficient (Wildman–Crippen LogP) is 3.46. The fraction of sp³-hybridized carbons (Fsp3) is 0.435. The van der Waals surface area contributed by atoms with E-state index in [-0.39, 0.29) is 40.3 Å². The van der Waals surface area contributed by atoms with Crippen LogP contribution in [0.4, 0.5) is 0 Å². The van der Waals surface area contributed by atoms with E-state index in [0.717, 1.165) is 12.8 Å². The van der Waals surface area contributed by atoms with Crippen molar-refractivity contribution in [2.75, 3.05) is 7.11 Å². The first kappa shape index (κ1) is 20.0. The van der Waals surface area contributed by atoms with Crippen LogP contribution in [0.25, 0.3) is 0 Å². The molecule has 3 aliphatic rings. The van der Waals surface area contributed by atoms with E-state index in [9.17, 15) is 14.9 Å². The second kappa shape index (κ2) is 7.21. The molecule has 2 N–H and O–H groups in total. The number of benzene rings is 1. The molecular weight excluding hydrogens is 384 g/mol. The standard InChI is InChI=1S/C23H24N2O5/c1-23(2)9-15(26)20-18(10-23)29-21(25)14(11-24)19(20)13-6-7-16(28-3)17(8-13)30-22(27)12-4-5-12/h6-8,12,19H,4-5,9-10,25H2,1-3H3. The molecule has 1 aromatic carbocycles. The number of nitrogens with two attached hydrogens (primary N) is 1. The van der Waals surface area contributed by atoms with Crippen LogP contribution in [0, 0.1) is 22.7 Å². The molecule has 2 aliphatic carbocycles. The summed E-state index contributed by atoms with van der Waals surface area (Å²) < 4.78 is 16.6. The highest BCUT2D eigenvalue weighted by Gasteiger charge is 2.43. The highest BCUT2D eigenvalue weighted by molar-refractivity contribution is 6.00. The number of carbonyl (C=O) groups is 2. The molecule has 0 bridgehead atoms. The molecule has 1 fully saturated rings. The van der Waals surface area contributed by atoms with Crippen LogP contribution in [0.2, 0.25) is 0 Å². The molecule has 0 radical (unpaired) electrons. The first-order valence-electron chi connectivity index (χ1n) is 9.97. The van der Waals surface area contributed by atoms with Crippen molar-refractivity contribution in [3.8, 4) is 17.6 Å². The molecule has 7 heteroatoms. The van der Waals surface area contributed by atoms with Gasteiger partial charge in [0.05, 0.1) is 18.9 Å². The molecule has 1 saturated carbocycles. The number of esters is 1. The van der Waals surface area contributed by atoms with Crippen molar-refractivity contribution in [3.05, 3.63) is 46.6 Å². The minimum atomic E-state index is -0.674. The Balaban J connectivity index is 1.80. The van der Waals surface area contributed by atoms with Gasteiger partial charge in [-0.3, -0.25) is 9.59 Å². The van der Waals surface area contributed by atoms with Crippen molar-refractivity contribution < 1.29 is 23.8 Å². The summed E-state index contributed by atoms with van der Waals surface area (Å²) in [6.45, 7) is 3.99. The minimum absolute atomic E-state index is 0.000840. The molecule has 1 heterocycles. The summed E-state index contributed by atoms with van der Waals surface area (Å²) in [7, 11) is 1.49. The number of carbonyl (C=O) groups excluding carboxylic acids is 2. The highest BCUT2D eigenvalue weighted by atomic mass is 16.6. The second-order valence-electron chi connectivity index (χ2n) is 8.81. The molecule has 1 aliphatic heterocycles. The predicted molar refractivity (Wildman–Crippen MR) is 107 cm³/mol. The zero-order valence-electron chi connectivity index (χ0n) is 17.3. The number of nitriles is 1. The maximum atomic E-state index is 13.1. The number of nitrogens with zero attached hydrogens (tertiary/aromatic N) is 1. The molecule has 1 atom stereocenters. The molecule has 1 aromatic rings. The minimum Gasteiger partial charge on any atom is -0.493 e. The SMILES string of the molecule is COc1ccc(C2C(C#N)=C(N)OC3=C2C(=O)CC(C)(C)C3)cc1OC(=O)C1CC1. The Hall–Kier alpha value is -3.27. The Labute approximate surface area is 175 Å². The van der Waals surface area contributed by atoms with E-state index in [4.69, 9.17) is 19.9 Å². The van der Waals surface area contributed by atoms with Crippen LogP contribution in [0.3, 0.4) is 0 Å². The molecule has 0 saturated heterocycles. The Morgan fingerprint density at radius 1 is 1.27 bits per heavy atom. The van der Waals surface area contributed by atoms with Gasteiger partial charge in [0.15, 0.2) is 17.3 Å². The van der Waals surface area contributed by atoms with E-state index < -0.39 is 5.92 Å². The van der Waals surface area contributed by atoms with Crippen molar-refractivity contribution in [1.82, 2.24) is 0 Å². The largest absolute Gasteiger partial charge is 0.493 e. The van der Waals surface area contributed by atoms with E-state index in [2.05, 4.69) is 6.07 Å². The molecule has 1 unspecified atom stereocenters. The number of Topliss-reactive ketones (excluding diaryl/α,β-unsaturated/α-hetero) is 1. The molecule has 0 spiro atoms. The summed E-state index contributed by atoms with van der Waals surface area (Å²) in [4.78, 5) is 25.3. The Morgan fingerprint density at radius 2 is 2.00 bits per heavy atom. The van der Waals surface area contributed by atoms with E-state index in [0.29, 0.717) is 35.5 Å². The zero-order valence-corrected chi connectivity index (χ0v) is 17.3. The van der Waals surface area contributed by atoms with Gasteiger partial charge in [0.25, 0.3) is 0 Å². The molecule has 30 heavy (non-hydrogen) atoms. The van der Waals surface area contributed by atoms with Gasteiger partial charge in [0.2, 0.25) is 5.88 Å². The lowest BCUT2D eigenvalue weighted by atomic mass is 9.70. The fourth-order valence-electron chi connectivity index (χ4n) is 4.08. The number of ketones is 1. The van der Waals surface area contributed by atoms with Crippen LogP contribution < -0.4 is 15.2 Å². The van der Waals surface area contributed by atoms with Gasteiger partial charge in [-0.1, -0.05) is 19.9 Å². The number of hydrogen-bond acceptors (Lipinski definition) is 7. The van der Waals surface area contributed by atoms with Crippen molar-refractivity contribution in [2.24, 2.45) is 17.1 Å². The van der Waals surface area contributed by atoms with Gasteiger partial charge in [-0.2, -0.15) is 5.26 Å². The van der Waals surface area contributed by atoms with Crippen LogP contribution in [0.5, 0.6) is 11.5 Å². The van der Waals surface area contributed by atoms with E-state index in [1.165, 1.54) is 7.11 Å². The Bertz CT molecular complexity index is 1040. The van der Waals surface area contributed by atoms with Crippen molar-refractivity contribution in [3.63, 3.8) is 0 Å². The average molecular weight is 408 g/mol. The van der Waals surface area contributed by atoms with Gasteiger partial charge in [0.1, 0.15) is 17.4 Å². The summed E-state index contributed by atoms with van der Waals surface area (Å²) >= 11 is 0. The fourth-order valence-corrected chi connectivity index (χ4v) is 4.08. The van der Waals surface area contributed by atoms with Crippen molar-refractivity contribution >= 4 is 11.8 Å². The van der Waals surface area contributed by atoms with Crippen LogP contribution >= 0.6 is 0 Å². The Morgan fingerprint density at radius 3 is 2.63 bits per heavy atom. The third-order valence-corrected chi connectivity index (χ3v) is 5.72. The van der Waals surface area contributed by atoms with Gasteiger partial charge >= 0.3 is 5.97 Å². The number of ether oxygens (including phenoxy) is 3. The molecule has 4 rings (SSSR count). The van der Waals surface area contributed by atoms with Gasteiger partial charge < -0.3 is 19.9 Å². The third kappa shape index (κ3) is 3.54. The average Bonchev–Trinajstić information content (AvgIpc) is 3.51. The van der Waals surface area contributed by atoms with E-state index in [1.807, 2.05) is 13.8 Å². The molecular formula is C23H24N2O5. The van der Waals surface area contributed by atoms with Crippen molar-refractivity contribution in [2.45, 2.75) is 45.4 Å². The number of hydrogen-bond donors (Lipinski definition) is 1. The topological polar surface area (TPSA) is 112 Å². The molecule has 0 amide bonds. The smallest absolute Gasteiger partial charge is 0.314 e. The Kier molecular flexibility index (Phi) is 4.81. The van der Waals surface area contributed by atoms with Gasteiger partial charge in [-0.15, -0.1) is 0 Å². The molecule has 156 valence electrons. The summed E-state index contributed by atoms with van der Waals surface area (Å²) in [5.74, 6) is 0.0433. The van der Waals surface area contributed by atoms with Gasteiger partial charge in [-0.25, -0.2) is 0 Å². The van der Waals surface area contributed by atoms with E-state index in [1.54, 1.807) is 18.2 Å². The third-order valence-electron chi connectivity index (χ3n) is 5.72. The number of allylic oxidation sites excluding steroid dienone is 3. The van der Waals surface area contributed by atoms with Crippen molar-refractivity contribution in [1.29, 1.82) is 5.26 Å². The lowest BCUT2D eigenvalue weighted by Crippen LogP contribution is -2.33. The number of rotatable bonds is 4. The first-order valence-corrected chi connectivity index (χ1v) is 9.97. The number of methoxy groups -OCH3 is 1. The lowest BCUT2D eigenvalue weighted by molar-refractivity contribution is -0.135. The summed E-state index contributed by atoms with van der Waals surface area (Å²) in [6, 6.07) is 7.17. The monoisotopic (exact) mass is 408 g/mol. The zero-order chi connectivity index (χ0) is 21.6. The van der Waals surface area contributed by atoms with Gasteiger partial charge in [0, 0.05) is 18.4 Å². The maximum Gasteiger partial charge on any atom is 0.314 e. The maximum absolute atomic E-state index is 13.1. The lowest BCUT2D eigenvalue weighted by Gasteiger charge is -2.37. The summed E-state index contributed by atoms with van der Waals surface area (Å²) in [5.41, 5.74) is 7.05. The van der Waals surface area contributed by atoms with Crippen LogP contribution in [-0.2, 0) is 14.3 Å². The second-order valence-corrected chi connectivity index (χ2v) is 8.81. The van der Waals surface area contributed by atoms with Crippen LogP contribution in [0.15, 0.2) is 41.0 Å². The first-order chi connectivity index (χ1) is 14.2. The van der Waals surface area contributed by atoms with Gasteiger partial charge in [-0.05, 0) is 36.0 Å².